The first-order chi connectivity index (χ1) is 9.63. The second-order valence-electron chi connectivity index (χ2n) is 4.57. The summed E-state index contributed by atoms with van der Waals surface area (Å²) in [5.74, 6) is -0.306. The molecule has 0 heterocycles. The molecular weight excluding hydrogens is 296 g/mol. The van der Waals surface area contributed by atoms with Gasteiger partial charge in [0.1, 0.15) is 5.82 Å². The Hall–Kier alpha value is -1.09. The van der Waals surface area contributed by atoms with E-state index in [9.17, 15) is 4.39 Å². The zero-order valence-corrected chi connectivity index (χ0v) is 12.7. The molecule has 0 bridgehead atoms. The van der Waals surface area contributed by atoms with Gasteiger partial charge in [0.05, 0.1) is 6.04 Å². The van der Waals surface area contributed by atoms with Crippen LogP contribution in [0, 0.1) is 5.82 Å². The van der Waals surface area contributed by atoms with Crippen LogP contribution in [0.4, 0.5) is 4.39 Å². The first kappa shape index (κ1) is 15.3. The average molecular weight is 312 g/mol. The molecule has 0 fully saturated rings. The van der Waals surface area contributed by atoms with Crippen molar-refractivity contribution in [2.75, 3.05) is 6.54 Å². The number of benzene rings is 2. The third-order valence-corrected chi connectivity index (χ3v) is 3.77. The molecule has 0 aliphatic heterocycles. The first-order valence-electron chi connectivity index (χ1n) is 6.56. The Kier molecular flexibility index (Phi) is 5.41. The number of rotatable bonds is 5. The van der Waals surface area contributed by atoms with Gasteiger partial charge in [-0.05, 0) is 48.4 Å². The Labute approximate surface area is 128 Å². The maximum atomic E-state index is 13.5. The minimum Gasteiger partial charge on any atom is -0.306 e. The lowest BCUT2D eigenvalue weighted by Crippen LogP contribution is -2.24. The van der Waals surface area contributed by atoms with Crippen molar-refractivity contribution in [1.82, 2.24) is 5.32 Å². The normalized spacial score (nSPS) is 12.4. The van der Waals surface area contributed by atoms with Crippen molar-refractivity contribution in [3.63, 3.8) is 0 Å². The Morgan fingerprint density at radius 3 is 2.45 bits per heavy atom. The van der Waals surface area contributed by atoms with E-state index in [0.29, 0.717) is 15.6 Å². The number of halogens is 3. The number of hydrogen-bond donors (Lipinski definition) is 1. The summed E-state index contributed by atoms with van der Waals surface area (Å²) in [5.41, 5.74) is 1.60. The summed E-state index contributed by atoms with van der Waals surface area (Å²) in [4.78, 5) is 0. The van der Waals surface area contributed by atoms with E-state index in [2.05, 4.69) is 12.2 Å². The van der Waals surface area contributed by atoms with Crippen LogP contribution in [0.25, 0.3) is 0 Å². The van der Waals surface area contributed by atoms with Gasteiger partial charge in [-0.1, -0.05) is 48.3 Å². The van der Waals surface area contributed by atoms with Crippen LogP contribution in [-0.4, -0.2) is 6.54 Å². The van der Waals surface area contributed by atoms with Crippen LogP contribution in [0.5, 0.6) is 0 Å². The minimum atomic E-state index is -0.306. The molecule has 1 unspecified atom stereocenters. The molecule has 0 saturated carbocycles. The Morgan fingerprint density at radius 1 is 1.05 bits per heavy atom. The van der Waals surface area contributed by atoms with E-state index >= 15 is 0 Å². The van der Waals surface area contributed by atoms with Gasteiger partial charge in [0.15, 0.2) is 0 Å². The molecule has 1 atom stereocenters. The smallest absolute Gasteiger partial charge is 0.123 e. The highest BCUT2D eigenvalue weighted by Crippen LogP contribution is 2.32. The van der Waals surface area contributed by atoms with E-state index in [1.54, 1.807) is 6.07 Å². The summed E-state index contributed by atoms with van der Waals surface area (Å²) >= 11 is 12.5. The fourth-order valence-corrected chi connectivity index (χ4v) is 2.59. The predicted octanol–water partition coefficient (Wildman–Crippen LogP) is 5.22. The lowest BCUT2D eigenvalue weighted by molar-refractivity contribution is 0.586. The van der Waals surface area contributed by atoms with Crippen LogP contribution >= 0.6 is 23.2 Å². The van der Waals surface area contributed by atoms with Crippen molar-refractivity contribution in [2.24, 2.45) is 0 Å². The van der Waals surface area contributed by atoms with Crippen molar-refractivity contribution in [2.45, 2.75) is 19.4 Å². The number of nitrogens with one attached hydrogen (secondary N) is 1. The molecule has 0 aromatic heterocycles. The molecule has 0 saturated heterocycles. The highest BCUT2D eigenvalue weighted by Gasteiger charge is 2.19. The summed E-state index contributed by atoms with van der Waals surface area (Å²) in [7, 11) is 0. The molecule has 4 heteroatoms. The molecule has 2 aromatic rings. The monoisotopic (exact) mass is 311 g/mol. The summed E-state index contributed by atoms with van der Waals surface area (Å²) in [6.45, 7) is 2.87. The Morgan fingerprint density at radius 2 is 1.75 bits per heavy atom. The second kappa shape index (κ2) is 7.07. The summed E-state index contributed by atoms with van der Waals surface area (Å²) in [6, 6.07) is 11.7. The third kappa shape index (κ3) is 3.51. The largest absolute Gasteiger partial charge is 0.306 e. The molecule has 20 heavy (non-hydrogen) atoms. The minimum absolute atomic E-state index is 0.216. The molecule has 0 amide bonds. The molecular formula is C16H16Cl2FN. The zero-order chi connectivity index (χ0) is 14.5. The van der Waals surface area contributed by atoms with Crippen LogP contribution in [0.1, 0.15) is 30.5 Å². The van der Waals surface area contributed by atoms with Crippen molar-refractivity contribution < 1.29 is 4.39 Å². The van der Waals surface area contributed by atoms with Crippen LogP contribution in [0.15, 0.2) is 42.5 Å². The van der Waals surface area contributed by atoms with E-state index in [-0.39, 0.29) is 11.9 Å². The van der Waals surface area contributed by atoms with E-state index in [1.807, 2.05) is 24.3 Å². The fraction of sp³-hybridized carbons (Fsp3) is 0.250. The van der Waals surface area contributed by atoms with Crippen molar-refractivity contribution in [3.05, 3.63) is 69.5 Å². The Bertz CT molecular complexity index is 586. The quantitative estimate of drug-likeness (QED) is 0.798. The van der Waals surface area contributed by atoms with E-state index < -0.39 is 0 Å². The standard InChI is InChI=1S/C16H16Cl2FN/c1-2-9-20-16(12-5-3-4-6-14(12)17)13-10-11(19)7-8-15(13)18/h3-8,10,16,20H,2,9H2,1H3. The SMILES string of the molecule is CCCNC(c1ccccc1Cl)c1cc(F)ccc1Cl. The van der Waals surface area contributed by atoms with Gasteiger partial charge in [0.25, 0.3) is 0 Å². The molecule has 2 rings (SSSR count). The molecule has 0 aliphatic carbocycles. The maximum Gasteiger partial charge on any atom is 0.123 e. The van der Waals surface area contributed by atoms with E-state index in [4.69, 9.17) is 23.2 Å². The van der Waals surface area contributed by atoms with Gasteiger partial charge in [-0.2, -0.15) is 0 Å². The zero-order valence-electron chi connectivity index (χ0n) is 11.2. The number of hydrogen-bond acceptors (Lipinski definition) is 1. The Balaban J connectivity index is 2.47. The van der Waals surface area contributed by atoms with Crippen LogP contribution in [-0.2, 0) is 0 Å². The molecule has 106 valence electrons. The first-order valence-corrected chi connectivity index (χ1v) is 7.31. The van der Waals surface area contributed by atoms with Crippen molar-refractivity contribution >= 4 is 23.2 Å². The molecule has 2 aromatic carbocycles. The van der Waals surface area contributed by atoms with Gasteiger partial charge >= 0.3 is 0 Å². The van der Waals surface area contributed by atoms with Crippen LogP contribution in [0.3, 0.4) is 0 Å². The van der Waals surface area contributed by atoms with Gasteiger partial charge in [0.2, 0.25) is 0 Å². The van der Waals surface area contributed by atoms with Gasteiger partial charge in [-0.3, -0.25) is 0 Å². The summed E-state index contributed by atoms with van der Waals surface area (Å²) < 4.78 is 13.5. The lowest BCUT2D eigenvalue weighted by atomic mass is 9.98. The molecule has 0 radical (unpaired) electrons. The second-order valence-corrected chi connectivity index (χ2v) is 5.39. The highest BCUT2D eigenvalue weighted by atomic mass is 35.5. The topological polar surface area (TPSA) is 12.0 Å². The third-order valence-electron chi connectivity index (χ3n) is 3.08. The van der Waals surface area contributed by atoms with Gasteiger partial charge in [-0.15, -0.1) is 0 Å². The molecule has 1 nitrogen and oxygen atoms in total. The average Bonchev–Trinajstić information content (AvgIpc) is 2.44. The van der Waals surface area contributed by atoms with Crippen molar-refractivity contribution in [1.29, 1.82) is 0 Å². The van der Waals surface area contributed by atoms with Crippen molar-refractivity contribution in [3.8, 4) is 0 Å². The van der Waals surface area contributed by atoms with Gasteiger partial charge < -0.3 is 5.32 Å². The van der Waals surface area contributed by atoms with Crippen LogP contribution in [0.2, 0.25) is 10.0 Å². The molecule has 1 N–H and O–H groups in total. The molecule has 0 aliphatic rings. The lowest BCUT2D eigenvalue weighted by Gasteiger charge is -2.22. The van der Waals surface area contributed by atoms with Gasteiger partial charge in [0, 0.05) is 10.0 Å². The van der Waals surface area contributed by atoms with E-state index in [0.717, 1.165) is 18.5 Å². The maximum absolute atomic E-state index is 13.5. The van der Waals surface area contributed by atoms with E-state index in [1.165, 1.54) is 12.1 Å². The summed E-state index contributed by atoms with van der Waals surface area (Å²) in [6.07, 6.45) is 0.966. The summed E-state index contributed by atoms with van der Waals surface area (Å²) in [5, 5.41) is 4.54. The van der Waals surface area contributed by atoms with Gasteiger partial charge in [-0.25, -0.2) is 4.39 Å². The fourth-order valence-electron chi connectivity index (χ4n) is 2.12. The highest BCUT2D eigenvalue weighted by molar-refractivity contribution is 6.32. The molecule has 0 spiro atoms. The van der Waals surface area contributed by atoms with Crippen LogP contribution < -0.4 is 5.32 Å². The predicted molar refractivity (Wildman–Crippen MR) is 83.0 cm³/mol.